The molecule has 2 aliphatic rings. The molecule has 33 heavy (non-hydrogen) atoms. The molecule has 2 N–H and O–H groups in total. The number of halogens is 1. The predicted octanol–water partition coefficient (Wildman–Crippen LogP) is 3.58. The maximum Gasteiger partial charge on any atom is 0.337 e. The molecule has 170 valence electrons. The minimum absolute atomic E-state index is 0.113. The molecule has 3 amide bonds. The Morgan fingerprint density at radius 1 is 1.00 bits per heavy atom. The second kappa shape index (κ2) is 9.46. The second-order valence-electron chi connectivity index (χ2n) is 7.84. The summed E-state index contributed by atoms with van der Waals surface area (Å²) in [6.07, 6.45) is 4.15. The van der Waals surface area contributed by atoms with Crippen molar-refractivity contribution in [2.24, 2.45) is 0 Å². The van der Waals surface area contributed by atoms with Crippen LogP contribution < -0.4 is 15.5 Å². The first kappa shape index (κ1) is 22.5. The molecule has 1 aliphatic heterocycles. The van der Waals surface area contributed by atoms with Crippen LogP contribution in [-0.4, -0.2) is 36.8 Å². The molecule has 0 saturated heterocycles. The summed E-state index contributed by atoms with van der Waals surface area (Å²) < 4.78 is 4.69. The highest BCUT2D eigenvalue weighted by Gasteiger charge is 2.39. The number of anilines is 2. The lowest BCUT2D eigenvalue weighted by molar-refractivity contribution is -0.120. The SMILES string of the molecule is COC(=O)c1cccc(N2C(=O)C(Cl)=C(Nc3cccc(C(=O)NC4CCCC4)c3)C2=O)c1. The van der Waals surface area contributed by atoms with Crippen molar-refractivity contribution in [1.29, 1.82) is 0 Å². The maximum atomic E-state index is 13.0. The number of hydrogen-bond acceptors (Lipinski definition) is 6. The molecule has 0 aromatic heterocycles. The number of hydrogen-bond donors (Lipinski definition) is 2. The number of benzene rings is 2. The van der Waals surface area contributed by atoms with Gasteiger partial charge in [-0.1, -0.05) is 36.6 Å². The third-order valence-electron chi connectivity index (χ3n) is 5.64. The number of carbonyl (C=O) groups is 4. The fraction of sp³-hybridized carbons (Fsp3) is 0.250. The summed E-state index contributed by atoms with van der Waals surface area (Å²) in [5.41, 5.74) is 1.14. The first-order chi connectivity index (χ1) is 15.9. The Labute approximate surface area is 195 Å². The highest BCUT2D eigenvalue weighted by Crippen LogP contribution is 2.31. The van der Waals surface area contributed by atoms with Crippen molar-refractivity contribution in [3.63, 3.8) is 0 Å². The number of methoxy groups -OCH3 is 1. The smallest absolute Gasteiger partial charge is 0.337 e. The molecule has 1 saturated carbocycles. The van der Waals surface area contributed by atoms with E-state index in [1.807, 2.05) is 0 Å². The summed E-state index contributed by atoms with van der Waals surface area (Å²) in [7, 11) is 1.24. The van der Waals surface area contributed by atoms with E-state index in [9.17, 15) is 19.2 Å². The van der Waals surface area contributed by atoms with E-state index in [-0.39, 0.29) is 33.9 Å². The van der Waals surface area contributed by atoms with Crippen LogP contribution >= 0.6 is 11.6 Å². The van der Waals surface area contributed by atoms with Gasteiger partial charge in [0.25, 0.3) is 17.7 Å². The second-order valence-corrected chi connectivity index (χ2v) is 8.22. The minimum atomic E-state index is -0.721. The summed E-state index contributed by atoms with van der Waals surface area (Å²) in [6.45, 7) is 0. The van der Waals surface area contributed by atoms with Crippen LogP contribution in [0.15, 0.2) is 59.3 Å². The van der Waals surface area contributed by atoms with Crippen LogP contribution in [0.2, 0.25) is 0 Å². The van der Waals surface area contributed by atoms with E-state index in [0.717, 1.165) is 30.6 Å². The summed E-state index contributed by atoms with van der Waals surface area (Å²) in [5, 5.41) is 5.60. The van der Waals surface area contributed by atoms with Crippen LogP contribution in [0.25, 0.3) is 0 Å². The van der Waals surface area contributed by atoms with Gasteiger partial charge < -0.3 is 15.4 Å². The molecule has 0 atom stereocenters. The van der Waals surface area contributed by atoms with E-state index >= 15 is 0 Å². The van der Waals surface area contributed by atoms with Gasteiger partial charge in [-0.05, 0) is 49.2 Å². The predicted molar refractivity (Wildman–Crippen MR) is 123 cm³/mol. The fourth-order valence-corrected chi connectivity index (χ4v) is 4.17. The zero-order valence-corrected chi connectivity index (χ0v) is 18.6. The molecule has 1 fully saturated rings. The molecule has 1 aliphatic carbocycles. The molecule has 2 aromatic carbocycles. The number of esters is 1. The van der Waals surface area contributed by atoms with Gasteiger partial charge in [-0.3, -0.25) is 14.4 Å². The largest absolute Gasteiger partial charge is 0.465 e. The van der Waals surface area contributed by atoms with Crippen molar-refractivity contribution in [3.8, 4) is 0 Å². The molecule has 1 heterocycles. The lowest BCUT2D eigenvalue weighted by Gasteiger charge is -2.16. The molecule has 0 unspecified atom stereocenters. The third-order valence-corrected chi connectivity index (χ3v) is 5.99. The summed E-state index contributed by atoms with van der Waals surface area (Å²) in [5.74, 6) is -2.18. The van der Waals surface area contributed by atoms with Crippen molar-refractivity contribution >= 4 is 46.7 Å². The highest BCUT2D eigenvalue weighted by atomic mass is 35.5. The molecule has 9 heteroatoms. The highest BCUT2D eigenvalue weighted by molar-refractivity contribution is 6.53. The van der Waals surface area contributed by atoms with Crippen LogP contribution in [0.1, 0.15) is 46.4 Å². The lowest BCUT2D eigenvalue weighted by Crippen LogP contribution is -2.33. The summed E-state index contributed by atoms with van der Waals surface area (Å²) in [6, 6.07) is 12.7. The molecular weight excluding hydrogens is 446 g/mol. The van der Waals surface area contributed by atoms with Gasteiger partial charge in [0.15, 0.2) is 0 Å². The van der Waals surface area contributed by atoms with Crippen LogP contribution in [0.5, 0.6) is 0 Å². The van der Waals surface area contributed by atoms with Crippen molar-refractivity contribution in [2.75, 3.05) is 17.3 Å². The monoisotopic (exact) mass is 467 g/mol. The fourth-order valence-electron chi connectivity index (χ4n) is 3.96. The molecule has 0 spiro atoms. The number of imide groups is 1. The number of ether oxygens (including phenoxy) is 1. The Kier molecular flexibility index (Phi) is 6.46. The van der Waals surface area contributed by atoms with Crippen molar-refractivity contribution in [3.05, 3.63) is 70.4 Å². The standard InChI is InChI=1S/C24H22ClN3O5/c1-33-24(32)15-7-5-11-18(13-15)28-22(30)19(25)20(23(28)31)26-17-10-4-6-14(12-17)21(29)27-16-8-2-3-9-16/h4-7,10-13,16,26H,2-3,8-9H2,1H3,(H,27,29). The topological polar surface area (TPSA) is 105 Å². The van der Waals surface area contributed by atoms with Crippen molar-refractivity contribution in [1.82, 2.24) is 5.32 Å². The Hall–Kier alpha value is -3.65. The van der Waals surface area contributed by atoms with Crippen LogP contribution in [-0.2, 0) is 14.3 Å². The minimum Gasteiger partial charge on any atom is -0.465 e. The van der Waals surface area contributed by atoms with Gasteiger partial charge in [-0.2, -0.15) is 0 Å². The average molecular weight is 468 g/mol. The number of nitrogens with one attached hydrogen (secondary N) is 2. The van der Waals surface area contributed by atoms with Crippen LogP contribution in [0.3, 0.4) is 0 Å². The van der Waals surface area contributed by atoms with Gasteiger partial charge in [-0.15, -0.1) is 0 Å². The van der Waals surface area contributed by atoms with E-state index in [1.165, 1.54) is 31.4 Å². The van der Waals surface area contributed by atoms with E-state index in [0.29, 0.717) is 11.3 Å². The van der Waals surface area contributed by atoms with Gasteiger partial charge in [0.2, 0.25) is 0 Å². The molecular formula is C24H22ClN3O5. The molecule has 2 aromatic rings. The van der Waals surface area contributed by atoms with Gasteiger partial charge in [0, 0.05) is 17.3 Å². The summed E-state index contributed by atoms with van der Waals surface area (Å²) >= 11 is 6.20. The lowest BCUT2D eigenvalue weighted by atomic mass is 10.1. The number of carbonyl (C=O) groups excluding carboxylic acids is 4. The molecule has 0 radical (unpaired) electrons. The van der Waals surface area contributed by atoms with E-state index in [1.54, 1.807) is 24.3 Å². The van der Waals surface area contributed by atoms with E-state index < -0.39 is 17.8 Å². The average Bonchev–Trinajstić information content (AvgIpc) is 3.41. The number of amides is 3. The number of nitrogens with zero attached hydrogens (tertiary/aromatic N) is 1. The van der Waals surface area contributed by atoms with Gasteiger partial charge in [-0.25, -0.2) is 9.69 Å². The van der Waals surface area contributed by atoms with Crippen molar-refractivity contribution < 1.29 is 23.9 Å². The van der Waals surface area contributed by atoms with Crippen LogP contribution in [0, 0.1) is 0 Å². The first-order valence-corrected chi connectivity index (χ1v) is 10.9. The maximum absolute atomic E-state index is 13.0. The van der Waals surface area contributed by atoms with Gasteiger partial charge in [0.05, 0.1) is 18.4 Å². The third kappa shape index (κ3) is 4.61. The first-order valence-electron chi connectivity index (χ1n) is 10.5. The Morgan fingerprint density at radius 3 is 2.42 bits per heavy atom. The van der Waals surface area contributed by atoms with E-state index in [4.69, 9.17) is 16.3 Å². The normalized spacial score (nSPS) is 16.4. The van der Waals surface area contributed by atoms with E-state index in [2.05, 4.69) is 10.6 Å². The van der Waals surface area contributed by atoms with Gasteiger partial charge >= 0.3 is 5.97 Å². The Balaban J connectivity index is 1.53. The summed E-state index contributed by atoms with van der Waals surface area (Å²) in [4.78, 5) is 51.0. The van der Waals surface area contributed by atoms with Gasteiger partial charge in [0.1, 0.15) is 10.7 Å². The molecule has 8 nitrogen and oxygen atoms in total. The van der Waals surface area contributed by atoms with Crippen LogP contribution in [0.4, 0.5) is 11.4 Å². The van der Waals surface area contributed by atoms with Crippen molar-refractivity contribution in [2.45, 2.75) is 31.7 Å². The zero-order valence-electron chi connectivity index (χ0n) is 17.9. The zero-order chi connectivity index (χ0) is 23.5. The quantitative estimate of drug-likeness (QED) is 0.497. The Morgan fingerprint density at radius 2 is 1.70 bits per heavy atom. The number of rotatable bonds is 6. The molecule has 4 rings (SSSR count). The Bertz CT molecular complexity index is 1170. The molecule has 0 bridgehead atoms.